The van der Waals surface area contributed by atoms with E-state index in [1.807, 2.05) is 0 Å². The number of carbonyl (C=O) groups excluding carboxylic acids is 2. The van der Waals surface area contributed by atoms with Crippen LogP contribution in [0.2, 0.25) is 0 Å². The molecule has 2 rings (SSSR count). The molecule has 0 saturated carbocycles. The summed E-state index contributed by atoms with van der Waals surface area (Å²) < 4.78 is 39.8. The second-order valence-electron chi connectivity index (χ2n) is 5.58. The Morgan fingerprint density at radius 2 is 1.73 bits per heavy atom. The van der Waals surface area contributed by atoms with Crippen LogP contribution in [-0.4, -0.2) is 25.4 Å². The largest absolute Gasteiger partial charge is 0.418 e. The summed E-state index contributed by atoms with van der Waals surface area (Å²) in [6.07, 6.45) is -4.63. The highest BCUT2D eigenvalue weighted by molar-refractivity contribution is 5.95. The Kier molecular flexibility index (Phi) is 5.86. The molecule has 0 aromatic heterocycles. The summed E-state index contributed by atoms with van der Waals surface area (Å²) in [7, 11) is 1.55. The van der Waals surface area contributed by atoms with Crippen molar-refractivity contribution in [2.45, 2.75) is 13.1 Å². The number of alkyl halides is 3. The number of halogens is 3. The number of nitrogens with zero attached hydrogens (tertiary/aromatic N) is 1. The standard InChI is InChI=1S/C18H18F3N3O2/c1-12(25)23-13-8-9-16(15(10-13)18(19,20)21)22-11-17(26)24(2)14-6-4-3-5-7-14/h3-10,22H,11H2,1-2H3,(H,23,25). The Morgan fingerprint density at radius 1 is 1.08 bits per heavy atom. The second kappa shape index (κ2) is 7.90. The molecule has 8 heteroatoms. The lowest BCUT2D eigenvalue weighted by Gasteiger charge is -2.20. The van der Waals surface area contributed by atoms with Gasteiger partial charge in [-0.25, -0.2) is 0 Å². The van der Waals surface area contributed by atoms with Crippen molar-refractivity contribution in [1.82, 2.24) is 0 Å². The van der Waals surface area contributed by atoms with E-state index >= 15 is 0 Å². The van der Waals surface area contributed by atoms with E-state index in [2.05, 4.69) is 10.6 Å². The van der Waals surface area contributed by atoms with Gasteiger partial charge in [-0.3, -0.25) is 9.59 Å². The number of anilines is 3. The molecule has 0 unspecified atom stereocenters. The molecule has 0 saturated heterocycles. The molecular formula is C18H18F3N3O2. The predicted octanol–water partition coefficient (Wildman–Crippen LogP) is 3.74. The third-order valence-electron chi connectivity index (χ3n) is 3.59. The van der Waals surface area contributed by atoms with Crippen LogP contribution in [0.1, 0.15) is 12.5 Å². The minimum atomic E-state index is -4.63. The Labute approximate surface area is 148 Å². The van der Waals surface area contributed by atoms with E-state index in [-0.39, 0.29) is 17.9 Å². The molecule has 2 aromatic rings. The second-order valence-corrected chi connectivity index (χ2v) is 5.58. The first-order chi connectivity index (χ1) is 12.2. The number of amides is 2. The van der Waals surface area contributed by atoms with Gasteiger partial charge in [0.05, 0.1) is 12.1 Å². The van der Waals surface area contributed by atoms with Crippen LogP contribution in [0.5, 0.6) is 0 Å². The van der Waals surface area contributed by atoms with Gasteiger partial charge in [0.15, 0.2) is 0 Å². The molecule has 0 aliphatic heterocycles. The van der Waals surface area contributed by atoms with E-state index in [0.29, 0.717) is 5.69 Å². The van der Waals surface area contributed by atoms with Gasteiger partial charge >= 0.3 is 6.18 Å². The molecule has 0 aliphatic carbocycles. The lowest BCUT2D eigenvalue weighted by atomic mass is 10.1. The van der Waals surface area contributed by atoms with Crippen molar-refractivity contribution in [3.63, 3.8) is 0 Å². The maximum atomic E-state index is 13.3. The predicted molar refractivity (Wildman–Crippen MR) is 94.1 cm³/mol. The molecule has 2 N–H and O–H groups in total. The van der Waals surface area contributed by atoms with Gasteiger partial charge in [0.1, 0.15) is 0 Å². The fourth-order valence-electron chi connectivity index (χ4n) is 2.30. The molecule has 0 spiro atoms. The summed E-state index contributed by atoms with van der Waals surface area (Å²) in [5, 5.41) is 4.83. The van der Waals surface area contributed by atoms with Gasteiger partial charge in [0.2, 0.25) is 11.8 Å². The van der Waals surface area contributed by atoms with Gasteiger partial charge in [-0.05, 0) is 30.3 Å². The zero-order valence-corrected chi connectivity index (χ0v) is 14.2. The highest BCUT2D eigenvalue weighted by atomic mass is 19.4. The van der Waals surface area contributed by atoms with Crippen molar-refractivity contribution in [3.05, 3.63) is 54.1 Å². The van der Waals surface area contributed by atoms with Gasteiger partial charge < -0.3 is 15.5 Å². The van der Waals surface area contributed by atoms with E-state index in [1.54, 1.807) is 37.4 Å². The first-order valence-corrected chi connectivity index (χ1v) is 7.73. The van der Waals surface area contributed by atoms with Crippen LogP contribution in [0.15, 0.2) is 48.5 Å². The Balaban J connectivity index is 2.15. The maximum absolute atomic E-state index is 13.3. The van der Waals surface area contributed by atoms with Crippen LogP contribution >= 0.6 is 0 Å². The highest BCUT2D eigenvalue weighted by Crippen LogP contribution is 2.36. The van der Waals surface area contributed by atoms with E-state index in [0.717, 1.165) is 6.07 Å². The molecule has 2 aromatic carbocycles. The Bertz CT molecular complexity index is 792. The summed E-state index contributed by atoms with van der Waals surface area (Å²) in [4.78, 5) is 24.6. The van der Waals surface area contributed by atoms with Crippen LogP contribution in [0.4, 0.5) is 30.2 Å². The number of carbonyl (C=O) groups is 2. The van der Waals surface area contributed by atoms with Crippen LogP contribution in [0.3, 0.4) is 0 Å². The maximum Gasteiger partial charge on any atom is 0.418 e. The number of para-hydroxylation sites is 1. The van der Waals surface area contributed by atoms with Gasteiger partial charge in [0.25, 0.3) is 0 Å². The molecule has 138 valence electrons. The number of benzene rings is 2. The first kappa shape index (κ1) is 19.3. The number of likely N-dealkylation sites (N-methyl/N-ethyl adjacent to an activating group) is 1. The average Bonchev–Trinajstić information content (AvgIpc) is 2.59. The van der Waals surface area contributed by atoms with E-state index in [4.69, 9.17) is 0 Å². The third kappa shape index (κ3) is 4.98. The normalized spacial score (nSPS) is 11.0. The number of rotatable bonds is 5. The van der Waals surface area contributed by atoms with E-state index < -0.39 is 23.6 Å². The zero-order chi connectivity index (χ0) is 19.3. The lowest BCUT2D eigenvalue weighted by molar-refractivity contribution is -0.137. The van der Waals surface area contributed by atoms with Crippen LogP contribution in [0.25, 0.3) is 0 Å². The number of nitrogens with one attached hydrogen (secondary N) is 2. The monoisotopic (exact) mass is 365 g/mol. The van der Waals surface area contributed by atoms with Crippen molar-refractivity contribution in [2.75, 3.05) is 29.1 Å². The SMILES string of the molecule is CC(=O)Nc1ccc(NCC(=O)N(C)c2ccccc2)c(C(F)(F)F)c1. The van der Waals surface area contributed by atoms with Crippen LogP contribution in [0, 0.1) is 0 Å². The van der Waals surface area contributed by atoms with Crippen molar-refractivity contribution >= 4 is 28.9 Å². The number of hydrogen-bond donors (Lipinski definition) is 2. The molecular weight excluding hydrogens is 347 g/mol. The molecule has 0 radical (unpaired) electrons. The molecule has 5 nitrogen and oxygen atoms in total. The molecule has 0 aliphatic rings. The summed E-state index contributed by atoms with van der Waals surface area (Å²) >= 11 is 0. The average molecular weight is 365 g/mol. The topological polar surface area (TPSA) is 61.4 Å². The lowest BCUT2D eigenvalue weighted by Crippen LogP contribution is -2.32. The molecule has 2 amide bonds. The summed E-state index contributed by atoms with van der Waals surface area (Å²) in [6.45, 7) is 0.894. The first-order valence-electron chi connectivity index (χ1n) is 7.73. The van der Waals surface area contributed by atoms with Crippen molar-refractivity contribution < 1.29 is 22.8 Å². The molecule has 26 heavy (non-hydrogen) atoms. The third-order valence-corrected chi connectivity index (χ3v) is 3.59. The highest BCUT2D eigenvalue weighted by Gasteiger charge is 2.34. The Hall–Kier alpha value is -3.03. The van der Waals surface area contributed by atoms with Gasteiger partial charge in [-0.15, -0.1) is 0 Å². The van der Waals surface area contributed by atoms with Gasteiger partial charge in [0, 0.05) is 31.0 Å². The number of hydrogen-bond acceptors (Lipinski definition) is 3. The smallest absolute Gasteiger partial charge is 0.376 e. The molecule has 0 bridgehead atoms. The molecule has 0 atom stereocenters. The molecule has 0 heterocycles. The van der Waals surface area contributed by atoms with Gasteiger partial charge in [-0.2, -0.15) is 13.2 Å². The van der Waals surface area contributed by atoms with Crippen molar-refractivity contribution in [1.29, 1.82) is 0 Å². The summed E-state index contributed by atoms with van der Waals surface area (Å²) in [5.41, 5.74) is -0.528. The van der Waals surface area contributed by atoms with Crippen molar-refractivity contribution in [3.8, 4) is 0 Å². The minimum Gasteiger partial charge on any atom is -0.376 e. The van der Waals surface area contributed by atoms with Crippen LogP contribution in [-0.2, 0) is 15.8 Å². The quantitative estimate of drug-likeness (QED) is 0.849. The fraction of sp³-hybridized carbons (Fsp3) is 0.222. The van der Waals surface area contributed by atoms with E-state index in [9.17, 15) is 22.8 Å². The molecule has 0 fully saturated rings. The zero-order valence-electron chi connectivity index (χ0n) is 14.2. The Morgan fingerprint density at radius 3 is 2.31 bits per heavy atom. The fourth-order valence-corrected chi connectivity index (χ4v) is 2.30. The van der Waals surface area contributed by atoms with Gasteiger partial charge in [-0.1, -0.05) is 18.2 Å². The van der Waals surface area contributed by atoms with Crippen molar-refractivity contribution in [2.24, 2.45) is 0 Å². The van der Waals surface area contributed by atoms with E-state index in [1.165, 1.54) is 24.0 Å². The minimum absolute atomic E-state index is 0.0307. The van der Waals surface area contributed by atoms with Crippen LogP contribution < -0.4 is 15.5 Å². The summed E-state index contributed by atoms with van der Waals surface area (Å²) in [5.74, 6) is -0.867. The summed E-state index contributed by atoms with van der Waals surface area (Å²) in [6, 6.07) is 12.1.